The first-order chi connectivity index (χ1) is 8.33. The maximum absolute atomic E-state index is 5.65. The Bertz CT molecular complexity index is 518. The van der Waals surface area contributed by atoms with Crippen molar-refractivity contribution in [2.75, 3.05) is 23.3 Å². The summed E-state index contributed by atoms with van der Waals surface area (Å²) in [6, 6.07) is 0. The number of hydrogen-bond acceptors (Lipinski definition) is 6. The number of hydrogen-bond donors (Lipinski definition) is 3. The van der Waals surface area contributed by atoms with E-state index in [9.17, 15) is 0 Å². The average molecular weight is 250 g/mol. The molecule has 0 aromatic carbocycles. The van der Waals surface area contributed by atoms with Gasteiger partial charge in [-0.05, 0) is 18.6 Å². The molecule has 0 radical (unpaired) electrons. The highest BCUT2D eigenvalue weighted by molar-refractivity contribution is 8.00. The maximum Gasteiger partial charge on any atom is 0.224 e. The Kier molecular flexibility index (Phi) is 2.76. The fourth-order valence-electron chi connectivity index (χ4n) is 1.99. The van der Waals surface area contributed by atoms with E-state index in [0.29, 0.717) is 10.9 Å². The summed E-state index contributed by atoms with van der Waals surface area (Å²) in [6.45, 7) is 0.912. The van der Waals surface area contributed by atoms with Crippen LogP contribution in [0.5, 0.6) is 0 Å². The SMILES string of the molecule is Nc1nc(NCC2CCCS2)c2[nH]cnc2n1. The van der Waals surface area contributed by atoms with Gasteiger partial charge in [0.1, 0.15) is 5.52 Å². The molecule has 1 aliphatic rings. The lowest BCUT2D eigenvalue weighted by Crippen LogP contribution is -2.15. The molecule has 90 valence electrons. The van der Waals surface area contributed by atoms with Crippen LogP contribution in [0.4, 0.5) is 11.8 Å². The van der Waals surface area contributed by atoms with Crippen LogP contribution in [0.1, 0.15) is 12.8 Å². The highest BCUT2D eigenvalue weighted by Crippen LogP contribution is 2.26. The third kappa shape index (κ3) is 2.14. The van der Waals surface area contributed by atoms with Crippen LogP contribution in [-0.2, 0) is 0 Å². The molecule has 1 atom stereocenters. The Morgan fingerprint density at radius 3 is 3.29 bits per heavy atom. The van der Waals surface area contributed by atoms with Crippen LogP contribution in [0.2, 0.25) is 0 Å². The molecule has 1 unspecified atom stereocenters. The Morgan fingerprint density at radius 2 is 2.47 bits per heavy atom. The van der Waals surface area contributed by atoms with E-state index in [2.05, 4.69) is 25.3 Å². The van der Waals surface area contributed by atoms with Crippen LogP contribution in [0.3, 0.4) is 0 Å². The predicted octanol–water partition coefficient (Wildman–Crippen LogP) is 1.24. The number of rotatable bonds is 3. The van der Waals surface area contributed by atoms with Crippen LogP contribution >= 0.6 is 11.8 Å². The van der Waals surface area contributed by atoms with Crippen molar-refractivity contribution in [2.24, 2.45) is 0 Å². The first-order valence-electron chi connectivity index (χ1n) is 5.65. The van der Waals surface area contributed by atoms with E-state index in [0.717, 1.165) is 17.9 Å². The van der Waals surface area contributed by atoms with E-state index in [4.69, 9.17) is 5.73 Å². The lowest BCUT2D eigenvalue weighted by atomic mass is 10.2. The maximum atomic E-state index is 5.65. The monoisotopic (exact) mass is 250 g/mol. The number of aromatic amines is 1. The molecule has 0 bridgehead atoms. The lowest BCUT2D eigenvalue weighted by molar-refractivity contribution is 0.804. The summed E-state index contributed by atoms with van der Waals surface area (Å²) in [5.41, 5.74) is 7.08. The second kappa shape index (κ2) is 4.40. The fraction of sp³-hybridized carbons (Fsp3) is 0.500. The van der Waals surface area contributed by atoms with E-state index in [1.165, 1.54) is 18.6 Å². The number of nitrogen functional groups attached to an aromatic ring is 1. The average Bonchev–Trinajstić information content (AvgIpc) is 2.95. The predicted molar refractivity (Wildman–Crippen MR) is 70.1 cm³/mol. The summed E-state index contributed by atoms with van der Waals surface area (Å²) in [7, 11) is 0. The molecule has 1 saturated heterocycles. The number of aromatic nitrogens is 4. The van der Waals surface area contributed by atoms with Crippen LogP contribution in [-0.4, -0.2) is 37.5 Å². The van der Waals surface area contributed by atoms with Gasteiger partial charge in [-0.3, -0.25) is 0 Å². The molecule has 1 aliphatic heterocycles. The van der Waals surface area contributed by atoms with E-state index in [1.54, 1.807) is 6.33 Å². The number of anilines is 2. The number of fused-ring (bicyclic) bond motifs is 1. The van der Waals surface area contributed by atoms with Crippen LogP contribution in [0, 0.1) is 0 Å². The smallest absolute Gasteiger partial charge is 0.224 e. The Labute approximate surface area is 103 Å². The third-order valence-electron chi connectivity index (χ3n) is 2.82. The zero-order chi connectivity index (χ0) is 11.7. The topological polar surface area (TPSA) is 92.5 Å². The molecule has 6 nitrogen and oxygen atoms in total. The quantitative estimate of drug-likeness (QED) is 0.759. The highest BCUT2D eigenvalue weighted by Gasteiger charge is 2.16. The van der Waals surface area contributed by atoms with E-state index in [1.807, 2.05) is 11.8 Å². The van der Waals surface area contributed by atoms with Gasteiger partial charge in [0.25, 0.3) is 0 Å². The van der Waals surface area contributed by atoms with Gasteiger partial charge < -0.3 is 16.0 Å². The van der Waals surface area contributed by atoms with Crippen molar-refractivity contribution in [1.29, 1.82) is 0 Å². The van der Waals surface area contributed by atoms with Crippen molar-refractivity contribution in [3.8, 4) is 0 Å². The van der Waals surface area contributed by atoms with Gasteiger partial charge in [-0.15, -0.1) is 0 Å². The van der Waals surface area contributed by atoms with Gasteiger partial charge in [-0.1, -0.05) is 0 Å². The number of imidazole rings is 1. The number of thioether (sulfide) groups is 1. The van der Waals surface area contributed by atoms with E-state index in [-0.39, 0.29) is 5.95 Å². The highest BCUT2D eigenvalue weighted by atomic mass is 32.2. The number of nitrogens with one attached hydrogen (secondary N) is 2. The van der Waals surface area contributed by atoms with Gasteiger partial charge in [0.15, 0.2) is 11.5 Å². The minimum Gasteiger partial charge on any atom is -0.368 e. The van der Waals surface area contributed by atoms with Gasteiger partial charge in [-0.2, -0.15) is 21.7 Å². The summed E-state index contributed by atoms with van der Waals surface area (Å²) in [5.74, 6) is 2.27. The zero-order valence-electron chi connectivity index (χ0n) is 9.31. The zero-order valence-corrected chi connectivity index (χ0v) is 10.1. The molecule has 1 fully saturated rings. The van der Waals surface area contributed by atoms with Crippen LogP contribution < -0.4 is 11.1 Å². The second-order valence-electron chi connectivity index (χ2n) is 4.05. The van der Waals surface area contributed by atoms with Crippen molar-refractivity contribution >= 4 is 34.7 Å². The molecular weight excluding hydrogens is 236 g/mol. The summed E-state index contributed by atoms with van der Waals surface area (Å²) >= 11 is 2.01. The number of H-pyrrole nitrogens is 1. The first-order valence-corrected chi connectivity index (χ1v) is 6.70. The van der Waals surface area contributed by atoms with Crippen molar-refractivity contribution in [1.82, 2.24) is 19.9 Å². The van der Waals surface area contributed by atoms with Crippen molar-refractivity contribution in [3.63, 3.8) is 0 Å². The van der Waals surface area contributed by atoms with Gasteiger partial charge in [-0.25, -0.2) is 4.98 Å². The minimum absolute atomic E-state index is 0.256. The molecular formula is C10H14N6S. The van der Waals surface area contributed by atoms with Gasteiger partial charge in [0.05, 0.1) is 6.33 Å². The number of nitrogens with two attached hydrogens (primary N) is 1. The molecule has 17 heavy (non-hydrogen) atoms. The molecule has 3 rings (SSSR count). The molecule has 0 spiro atoms. The molecule has 2 aromatic heterocycles. The third-order valence-corrected chi connectivity index (χ3v) is 4.22. The Morgan fingerprint density at radius 1 is 1.53 bits per heavy atom. The standard InChI is InChI=1S/C10H14N6S/c11-10-15-8(7-9(16-10)14-5-13-7)12-4-6-2-1-3-17-6/h5-6H,1-4H2,(H4,11,12,13,14,15,16). The van der Waals surface area contributed by atoms with Crippen LogP contribution in [0.15, 0.2) is 6.33 Å². The molecule has 3 heterocycles. The number of nitrogens with zero attached hydrogens (tertiary/aromatic N) is 3. The molecule has 0 aliphatic carbocycles. The molecule has 4 N–H and O–H groups in total. The first kappa shape index (κ1) is 10.6. The molecule has 0 saturated carbocycles. The Balaban J connectivity index is 1.81. The van der Waals surface area contributed by atoms with E-state index >= 15 is 0 Å². The molecule has 2 aromatic rings. The molecule has 0 amide bonds. The van der Waals surface area contributed by atoms with Crippen LogP contribution in [0.25, 0.3) is 11.2 Å². The van der Waals surface area contributed by atoms with Crippen molar-refractivity contribution in [3.05, 3.63) is 6.33 Å². The second-order valence-corrected chi connectivity index (χ2v) is 5.46. The van der Waals surface area contributed by atoms with Crippen molar-refractivity contribution in [2.45, 2.75) is 18.1 Å². The Hall–Kier alpha value is -1.50. The van der Waals surface area contributed by atoms with E-state index < -0.39 is 0 Å². The fourth-order valence-corrected chi connectivity index (χ4v) is 3.19. The van der Waals surface area contributed by atoms with Crippen molar-refractivity contribution < 1.29 is 0 Å². The largest absolute Gasteiger partial charge is 0.368 e. The normalized spacial score (nSPS) is 19.9. The summed E-state index contributed by atoms with van der Waals surface area (Å²) in [5, 5.41) is 4.00. The lowest BCUT2D eigenvalue weighted by Gasteiger charge is -2.11. The van der Waals surface area contributed by atoms with Gasteiger partial charge in [0.2, 0.25) is 5.95 Å². The summed E-state index contributed by atoms with van der Waals surface area (Å²) < 4.78 is 0. The minimum atomic E-state index is 0.256. The van der Waals surface area contributed by atoms with Gasteiger partial charge in [0, 0.05) is 11.8 Å². The molecule has 7 heteroatoms. The van der Waals surface area contributed by atoms with Gasteiger partial charge >= 0.3 is 0 Å². The summed E-state index contributed by atoms with van der Waals surface area (Å²) in [6.07, 6.45) is 4.18. The summed E-state index contributed by atoms with van der Waals surface area (Å²) in [4.78, 5) is 15.4.